The van der Waals surface area contributed by atoms with E-state index in [-0.39, 0.29) is 11.8 Å². The highest BCUT2D eigenvalue weighted by atomic mass is 16.1. The molecule has 184 valence electrons. The van der Waals surface area contributed by atoms with Crippen molar-refractivity contribution in [2.75, 3.05) is 6.54 Å². The van der Waals surface area contributed by atoms with Crippen LogP contribution in [0.25, 0.3) is 5.69 Å². The number of benzene rings is 3. The lowest BCUT2D eigenvalue weighted by molar-refractivity contribution is 0.0985. The van der Waals surface area contributed by atoms with Crippen LogP contribution < -0.4 is 11.1 Å². The fraction of sp³-hybridized carbons (Fsp3) is 0.290. The van der Waals surface area contributed by atoms with E-state index in [0.29, 0.717) is 18.7 Å². The van der Waals surface area contributed by atoms with Crippen molar-refractivity contribution < 1.29 is 4.79 Å². The van der Waals surface area contributed by atoms with E-state index in [1.807, 2.05) is 43.3 Å². The van der Waals surface area contributed by atoms with E-state index in [1.165, 1.54) is 29.5 Å². The van der Waals surface area contributed by atoms with Gasteiger partial charge in [-0.3, -0.25) is 4.79 Å². The predicted octanol–water partition coefficient (Wildman–Crippen LogP) is 5.46. The van der Waals surface area contributed by atoms with E-state index in [2.05, 4.69) is 59.8 Å². The molecule has 5 rings (SSSR count). The normalized spacial score (nSPS) is 14.1. The van der Waals surface area contributed by atoms with Crippen LogP contribution in [-0.4, -0.2) is 22.1 Å². The van der Waals surface area contributed by atoms with Gasteiger partial charge in [-0.25, -0.2) is 4.68 Å². The Balaban J connectivity index is 1.42. The maximum Gasteiger partial charge on any atom is 0.185 e. The molecule has 3 N–H and O–H groups in total. The molecular formula is C31H34N4O. The van der Waals surface area contributed by atoms with Crippen molar-refractivity contribution in [3.05, 3.63) is 118 Å². The molecule has 1 saturated carbocycles. The first-order valence-electron chi connectivity index (χ1n) is 12.8. The molecule has 0 aliphatic heterocycles. The molecule has 1 unspecified atom stereocenters. The quantitative estimate of drug-likeness (QED) is 0.297. The first kappa shape index (κ1) is 24.2. The molecule has 1 heterocycles. The van der Waals surface area contributed by atoms with E-state index < -0.39 is 0 Å². The van der Waals surface area contributed by atoms with Gasteiger partial charge in [-0.2, -0.15) is 5.10 Å². The summed E-state index contributed by atoms with van der Waals surface area (Å²) < 4.78 is 1.74. The fourth-order valence-corrected chi connectivity index (χ4v) is 4.79. The van der Waals surface area contributed by atoms with Crippen LogP contribution in [0.5, 0.6) is 0 Å². The van der Waals surface area contributed by atoms with Gasteiger partial charge in [-0.15, -0.1) is 0 Å². The van der Waals surface area contributed by atoms with Crippen LogP contribution >= 0.6 is 0 Å². The third-order valence-corrected chi connectivity index (χ3v) is 6.96. The van der Waals surface area contributed by atoms with Gasteiger partial charge in [0.25, 0.3) is 0 Å². The Bertz CT molecular complexity index is 1370. The molecule has 4 aromatic rings. The molecule has 5 heteroatoms. The van der Waals surface area contributed by atoms with Crippen LogP contribution in [0.15, 0.2) is 78.9 Å². The summed E-state index contributed by atoms with van der Waals surface area (Å²) in [6.45, 7) is 5.54. The minimum absolute atomic E-state index is 0.0456. The molecule has 5 nitrogen and oxygen atoms in total. The first-order valence-corrected chi connectivity index (χ1v) is 12.8. The van der Waals surface area contributed by atoms with Crippen molar-refractivity contribution in [2.45, 2.75) is 45.7 Å². The number of nitrogens with zero attached hydrogens (tertiary/aromatic N) is 2. The van der Waals surface area contributed by atoms with Crippen molar-refractivity contribution in [1.29, 1.82) is 0 Å². The highest BCUT2D eigenvalue weighted by molar-refractivity contribution is 5.96. The van der Waals surface area contributed by atoms with E-state index in [9.17, 15) is 4.79 Å². The highest BCUT2D eigenvalue weighted by Gasteiger charge is 2.24. The summed E-state index contributed by atoms with van der Waals surface area (Å²) >= 11 is 0. The second kappa shape index (κ2) is 10.6. The lowest BCUT2D eigenvalue weighted by Crippen LogP contribution is -2.25. The standard InChI is InChI=1S/C31H34N4O/c1-21-7-3-4-12-28(21)31(33-20-23-13-14-23)26-10-5-8-24(16-26)18-30(36)29-15-22(2)34-35(29)27-11-6-9-25(17-27)19-32/h3-12,15-17,23,31,33H,13-14,18-20,32H2,1-2H3. The number of hydrogen-bond donors (Lipinski definition) is 2. The fourth-order valence-electron chi connectivity index (χ4n) is 4.79. The predicted molar refractivity (Wildman–Crippen MR) is 144 cm³/mol. The zero-order valence-corrected chi connectivity index (χ0v) is 21.1. The van der Waals surface area contributed by atoms with Gasteiger partial charge < -0.3 is 11.1 Å². The molecule has 1 atom stereocenters. The summed E-state index contributed by atoms with van der Waals surface area (Å²) in [7, 11) is 0. The Kier molecular flexibility index (Phi) is 7.12. The van der Waals surface area contributed by atoms with Crippen LogP contribution in [0.2, 0.25) is 0 Å². The average molecular weight is 479 g/mol. The molecule has 1 fully saturated rings. The second-order valence-corrected chi connectivity index (χ2v) is 9.94. The summed E-state index contributed by atoms with van der Waals surface area (Å²) in [6, 6.07) is 26.9. The van der Waals surface area contributed by atoms with Crippen LogP contribution in [0, 0.1) is 19.8 Å². The van der Waals surface area contributed by atoms with Gasteiger partial charge in [0.2, 0.25) is 0 Å². The molecule has 0 radical (unpaired) electrons. The molecule has 1 aliphatic rings. The molecular weight excluding hydrogens is 444 g/mol. The highest BCUT2D eigenvalue weighted by Crippen LogP contribution is 2.31. The molecule has 1 aromatic heterocycles. The summed E-state index contributed by atoms with van der Waals surface area (Å²) in [6.07, 6.45) is 2.94. The van der Waals surface area contributed by atoms with Crippen molar-refractivity contribution in [3.8, 4) is 5.69 Å². The van der Waals surface area contributed by atoms with E-state index >= 15 is 0 Å². The SMILES string of the molecule is Cc1cc(C(=O)Cc2cccc(C(NCC3CC3)c3ccccc3C)c2)n(-c2cccc(CN)c2)n1. The summed E-state index contributed by atoms with van der Waals surface area (Å²) in [4.78, 5) is 13.5. The lowest BCUT2D eigenvalue weighted by atomic mass is 9.93. The van der Waals surface area contributed by atoms with Gasteiger partial charge in [0.15, 0.2) is 5.78 Å². The summed E-state index contributed by atoms with van der Waals surface area (Å²) in [5.74, 6) is 0.826. The van der Waals surface area contributed by atoms with Gasteiger partial charge in [0, 0.05) is 13.0 Å². The molecule has 0 saturated heterocycles. The number of Topliss-reactive ketones (excluding diaryl/α,β-unsaturated/α-hetero) is 1. The Hall–Kier alpha value is -3.54. The monoisotopic (exact) mass is 478 g/mol. The zero-order valence-electron chi connectivity index (χ0n) is 21.1. The lowest BCUT2D eigenvalue weighted by Gasteiger charge is -2.22. The van der Waals surface area contributed by atoms with Gasteiger partial charge in [0.1, 0.15) is 5.69 Å². The second-order valence-electron chi connectivity index (χ2n) is 9.94. The van der Waals surface area contributed by atoms with Gasteiger partial charge in [-0.05, 0) is 85.2 Å². The summed E-state index contributed by atoms with van der Waals surface area (Å²) in [5.41, 5.74) is 13.9. The number of aromatic nitrogens is 2. The van der Waals surface area contributed by atoms with Gasteiger partial charge in [-0.1, -0.05) is 60.7 Å². The Morgan fingerprint density at radius 1 is 1.00 bits per heavy atom. The molecule has 0 amide bonds. The summed E-state index contributed by atoms with van der Waals surface area (Å²) in [5, 5.41) is 8.41. The third kappa shape index (κ3) is 5.48. The van der Waals surface area contributed by atoms with E-state index in [4.69, 9.17) is 5.73 Å². The van der Waals surface area contributed by atoms with Crippen molar-refractivity contribution in [2.24, 2.45) is 11.7 Å². The van der Waals surface area contributed by atoms with Crippen molar-refractivity contribution >= 4 is 5.78 Å². The van der Waals surface area contributed by atoms with Crippen LogP contribution in [0.3, 0.4) is 0 Å². The van der Waals surface area contributed by atoms with E-state index in [1.54, 1.807) is 4.68 Å². The zero-order chi connectivity index (χ0) is 25.1. The number of ketones is 1. The van der Waals surface area contributed by atoms with Crippen molar-refractivity contribution in [3.63, 3.8) is 0 Å². The van der Waals surface area contributed by atoms with Gasteiger partial charge in [0.05, 0.1) is 17.4 Å². The van der Waals surface area contributed by atoms with E-state index in [0.717, 1.165) is 35.0 Å². The van der Waals surface area contributed by atoms with Gasteiger partial charge >= 0.3 is 0 Å². The topological polar surface area (TPSA) is 72.9 Å². The minimum atomic E-state index is 0.0456. The maximum atomic E-state index is 13.5. The molecule has 36 heavy (non-hydrogen) atoms. The number of rotatable bonds is 10. The molecule has 1 aliphatic carbocycles. The number of nitrogens with one attached hydrogen (secondary N) is 1. The van der Waals surface area contributed by atoms with Crippen LogP contribution in [0.1, 0.15) is 62.9 Å². The van der Waals surface area contributed by atoms with Crippen LogP contribution in [0.4, 0.5) is 0 Å². The number of carbonyl (C=O) groups is 1. The first-order chi connectivity index (χ1) is 17.5. The smallest absolute Gasteiger partial charge is 0.185 e. The number of hydrogen-bond acceptors (Lipinski definition) is 4. The third-order valence-electron chi connectivity index (χ3n) is 6.96. The number of nitrogens with two attached hydrogens (primary N) is 1. The average Bonchev–Trinajstić information content (AvgIpc) is 3.64. The Morgan fingerprint density at radius 2 is 1.78 bits per heavy atom. The maximum absolute atomic E-state index is 13.5. The largest absolute Gasteiger partial charge is 0.326 e. The molecule has 0 bridgehead atoms. The Labute approximate surface area is 213 Å². The number of aryl methyl sites for hydroxylation is 2. The Morgan fingerprint density at radius 3 is 2.56 bits per heavy atom. The minimum Gasteiger partial charge on any atom is -0.326 e. The molecule has 3 aromatic carbocycles. The number of carbonyl (C=O) groups excluding carboxylic acids is 1. The van der Waals surface area contributed by atoms with Crippen LogP contribution in [-0.2, 0) is 13.0 Å². The molecule has 0 spiro atoms. The van der Waals surface area contributed by atoms with Crippen molar-refractivity contribution in [1.82, 2.24) is 15.1 Å².